The number of nitriles is 1. The van der Waals surface area contributed by atoms with E-state index in [9.17, 15) is 14.9 Å². The molecule has 0 aliphatic carbocycles. The van der Waals surface area contributed by atoms with E-state index in [2.05, 4.69) is 0 Å². The maximum absolute atomic E-state index is 11.4. The van der Waals surface area contributed by atoms with Crippen LogP contribution in [0.4, 0.5) is 5.69 Å². The van der Waals surface area contributed by atoms with Crippen LogP contribution in [0.2, 0.25) is 0 Å². The Hall–Kier alpha value is -2.22. The number of carbonyl (C=O) groups excluding carboxylic acids is 1. The summed E-state index contributed by atoms with van der Waals surface area (Å²) in [5.74, 6) is -0.460. The predicted octanol–water partition coefficient (Wildman–Crippen LogP) is 2.23. The van der Waals surface area contributed by atoms with Gasteiger partial charge >= 0.3 is 0 Å². The van der Waals surface area contributed by atoms with Crippen molar-refractivity contribution in [2.24, 2.45) is 0 Å². The van der Waals surface area contributed by atoms with Crippen LogP contribution < -0.4 is 0 Å². The second-order valence-electron chi connectivity index (χ2n) is 3.27. The number of ketones is 1. The van der Waals surface area contributed by atoms with E-state index in [0.717, 1.165) is 0 Å². The van der Waals surface area contributed by atoms with Gasteiger partial charge in [0.15, 0.2) is 5.78 Å². The second-order valence-corrected chi connectivity index (χ2v) is 3.27. The Bertz CT molecular complexity index is 501. The van der Waals surface area contributed by atoms with Gasteiger partial charge in [-0.3, -0.25) is 14.9 Å². The summed E-state index contributed by atoms with van der Waals surface area (Å²) in [5.41, 5.74) is 0.187. The molecule has 0 saturated carbocycles. The van der Waals surface area contributed by atoms with Crippen molar-refractivity contribution < 1.29 is 9.72 Å². The minimum absolute atomic E-state index is 0.0522. The lowest BCUT2D eigenvalue weighted by Crippen LogP contribution is -2.06. The van der Waals surface area contributed by atoms with Gasteiger partial charge in [-0.25, -0.2) is 0 Å². The van der Waals surface area contributed by atoms with Crippen LogP contribution in [0.25, 0.3) is 0 Å². The van der Waals surface area contributed by atoms with E-state index >= 15 is 0 Å². The molecule has 16 heavy (non-hydrogen) atoms. The van der Waals surface area contributed by atoms with Crippen LogP contribution in [0, 0.1) is 21.4 Å². The molecule has 0 aliphatic heterocycles. The summed E-state index contributed by atoms with van der Waals surface area (Å²) in [7, 11) is 0. The first-order chi connectivity index (χ1) is 7.52. The van der Waals surface area contributed by atoms with Gasteiger partial charge in [0.25, 0.3) is 5.69 Å². The van der Waals surface area contributed by atoms with Gasteiger partial charge in [0.1, 0.15) is 11.6 Å². The third kappa shape index (κ3) is 1.91. The molecule has 5 nitrogen and oxygen atoms in total. The number of nitro groups is 1. The molecule has 5 heteroatoms. The molecule has 1 aromatic rings. The summed E-state index contributed by atoms with van der Waals surface area (Å²) in [6.07, 6.45) is 0.447. The molecule has 1 rings (SSSR count). The van der Waals surface area contributed by atoms with E-state index in [4.69, 9.17) is 5.26 Å². The average molecular weight is 218 g/mol. The molecular weight excluding hydrogens is 208 g/mol. The summed E-state index contributed by atoms with van der Waals surface area (Å²) in [4.78, 5) is 21.7. The number of rotatable bonds is 3. The van der Waals surface area contributed by atoms with Crippen LogP contribution in [0.1, 0.15) is 35.3 Å². The van der Waals surface area contributed by atoms with Crippen molar-refractivity contribution in [1.29, 1.82) is 5.26 Å². The fraction of sp³-hybridized carbons (Fsp3) is 0.273. The zero-order valence-electron chi connectivity index (χ0n) is 8.98. The molecule has 0 fully saturated rings. The third-order valence-electron chi connectivity index (χ3n) is 2.30. The highest BCUT2D eigenvalue weighted by Crippen LogP contribution is 2.27. The Morgan fingerprint density at radius 3 is 2.56 bits per heavy atom. The van der Waals surface area contributed by atoms with Crippen molar-refractivity contribution in [1.82, 2.24) is 0 Å². The number of carbonyl (C=O) groups is 1. The molecule has 0 saturated heterocycles. The molecule has 0 amide bonds. The van der Waals surface area contributed by atoms with Crippen molar-refractivity contribution in [2.45, 2.75) is 20.3 Å². The molecular formula is C11H10N2O3. The molecule has 0 unspecified atom stereocenters. The normalized spacial score (nSPS) is 9.56. The first-order valence-corrected chi connectivity index (χ1v) is 4.74. The monoisotopic (exact) mass is 218 g/mol. The van der Waals surface area contributed by atoms with Crippen LogP contribution in [0.5, 0.6) is 0 Å². The molecule has 82 valence electrons. The van der Waals surface area contributed by atoms with Gasteiger partial charge in [-0.1, -0.05) is 13.0 Å². The van der Waals surface area contributed by atoms with Gasteiger partial charge in [0, 0.05) is 5.56 Å². The Balaban J connectivity index is 3.68. The van der Waals surface area contributed by atoms with Crippen molar-refractivity contribution in [3.63, 3.8) is 0 Å². The lowest BCUT2D eigenvalue weighted by atomic mass is 9.97. The van der Waals surface area contributed by atoms with E-state index in [1.165, 1.54) is 19.1 Å². The summed E-state index contributed by atoms with van der Waals surface area (Å²) < 4.78 is 0. The molecule has 0 spiro atoms. The third-order valence-corrected chi connectivity index (χ3v) is 2.30. The van der Waals surface area contributed by atoms with Crippen LogP contribution in [-0.2, 0) is 6.42 Å². The molecule has 0 atom stereocenters. The Morgan fingerprint density at radius 2 is 2.19 bits per heavy atom. The lowest BCUT2D eigenvalue weighted by Gasteiger charge is -2.05. The van der Waals surface area contributed by atoms with Crippen LogP contribution in [-0.4, -0.2) is 10.7 Å². The van der Waals surface area contributed by atoms with E-state index in [-0.39, 0.29) is 16.8 Å². The van der Waals surface area contributed by atoms with Crippen molar-refractivity contribution in [3.8, 4) is 6.07 Å². The molecule has 0 bridgehead atoms. The SMILES string of the molecule is CCc1ccc(C#N)c(C(C)=O)c1[N+](=O)[O-]. The highest BCUT2D eigenvalue weighted by molar-refractivity contribution is 6.01. The van der Waals surface area contributed by atoms with Crippen molar-refractivity contribution in [2.75, 3.05) is 0 Å². The number of nitrogens with zero attached hydrogens (tertiary/aromatic N) is 2. The maximum Gasteiger partial charge on any atom is 0.284 e. The van der Waals surface area contributed by atoms with Gasteiger partial charge in [0.2, 0.25) is 0 Å². The Morgan fingerprint density at radius 1 is 1.56 bits per heavy atom. The summed E-state index contributed by atoms with van der Waals surface area (Å²) in [6, 6.07) is 4.76. The van der Waals surface area contributed by atoms with E-state index in [1.54, 1.807) is 13.0 Å². The Labute approximate surface area is 92.5 Å². The van der Waals surface area contributed by atoms with E-state index in [1.807, 2.05) is 0 Å². The molecule has 0 aromatic heterocycles. The second kappa shape index (κ2) is 4.53. The van der Waals surface area contributed by atoms with Gasteiger partial charge in [-0.05, 0) is 19.4 Å². The van der Waals surface area contributed by atoms with Crippen molar-refractivity contribution in [3.05, 3.63) is 38.9 Å². The van der Waals surface area contributed by atoms with Crippen LogP contribution >= 0.6 is 0 Å². The smallest absolute Gasteiger partial charge is 0.284 e. The summed E-state index contributed by atoms with van der Waals surface area (Å²) in [6.45, 7) is 2.99. The zero-order valence-corrected chi connectivity index (χ0v) is 8.98. The summed E-state index contributed by atoms with van der Waals surface area (Å²) in [5, 5.41) is 19.7. The predicted molar refractivity (Wildman–Crippen MR) is 57.2 cm³/mol. The first kappa shape index (κ1) is 11.9. The number of benzene rings is 1. The number of hydrogen-bond donors (Lipinski definition) is 0. The molecule has 0 radical (unpaired) electrons. The number of Topliss-reactive ketones (excluding diaryl/α,β-unsaturated/α-hetero) is 1. The van der Waals surface area contributed by atoms with Crippen LogP contribution in [0.15, 0.2) is 12.1 Å². The largest absolute Gasteiger partial charge is 0.294 e. The van der Waals surface area contributed by atoms with E-state index in [0.29, 0.717) is 12.0 Å². The van der Waals surface area contributed by atoms with Crippen LogP contribution in [0.3, 0.4) is 0 Å². The summed E-state index contributed by atoms with van der Waals surface area (Å²) >= 11 is 0. The molecule has 0 N–H and O–H groups in total. The topological polar surface area (TPSA) is 84.0 Å². The molecule has 0 heterocycles. The highest BCUT2D eigenvalue weighted by Gasteiger charge is 2.25. The fourth-order valence-electron chi connectivity index (χ4n) is 1.58. The number of aryl methyl sites for hydroxylation is 1. The number of hydrogen-bond acceptors (Lipinski definition) is 4. The average Bonchev–Trinajstić information content (AvgIpc) is 2.26. The quantitative estimate of drug-likeness (QED) is 0.442. The van der Waals surface area contributed by atoms with E-state index < -0.39 is 10.7 Å². The van der Waals surface area contributed by atoms with Gasteiger partial charge in [-0.2, -0.15) is 5.26 Å². The minimum atomic E-state index is -0.601. The fourth-order valence-corrected chi connectivity index (χ4v) is 1.58. The zero-order chi connectivity index (χ0) is 12.3. The Kier molecular flexibility index (Phi) is 3.36. The molecule has 0 aliphatic rings. The maximum atomic E-state index is 11.4. The van der Waals surface area contributed by atoms with Gasteiger partial charge < -0.3 is 0 Å². The lowest BCUT2D eigenvalue weighted by molar-refractivity contribution is -0.385. The molecule has 1 aromatic carbocycles. The minimum Gasteiger partial charge on any atom is -0.294 e. The van der Waals surface area contributed by atoms with Gasteiger partial charge in [-0.15, -0.1) is 0 Å². The first-order valence-electron chi connectivity index (χ1n) is 4.74. The highest BCUT2D eigenvalue weighted by atomic mass is 16.6. The standard InChI is InChI=1S/C11H10N2O3/c1-3-8-4-5-9(6-12)10(7(2)14)11(8)13(15)16/h4-5H,3H2,1-2H3. The van der Waals surface area contributed by atoms with Crippen molar-refractivity contribution >= 4 is 11.5 Å². The van der Waals surface area contributed by atoms with Gasteiger partial charge in [0.05, 0.1) is 10.5 Å². The number of nitro benzene ring substituents is 1.